The lowest BCUT2D eigenvalue weighted by Gasteiger charge is -2.08. The average molecular weight is 333 g/mol. The van der Waals surface area contributed by atoms with E-state index in [4.69, 9.17) is 16.3 Å². The zero-order valence-electron chi connectivity index (χ0n) is 11.9. The zero-order valence-corrected chi connectivity index (χ0v) is 13.4. The summed E-state index contributed by atoms with van der Waals surface area (Å²) in [6.45, 7) is 1.72. The van der Waals surface area contributed by atoms with Gasteiger partial charge in [-0.25, -0.2) is 12.8 Å². The van der Waals surface area contributed by atoms with E-state index < -0.39 is 15.7 Å². The van der Waals surface area contributed by atoms with Crippen LogP contribution in [0.25, 0.3) is 0 Å². The monoisotopic (exact) mass is 332 g/mol. The Hall–Kier alpha value is -1.25. The Labute approximate surface area is 130 Å². The minimum Gasteiger partial charge on any atom is -0.489 e. The Balaban J connectivity index is 2.67. The molecule has 116 valence electrons. The Morgan fingerprint density at radius 3 is 2.76 bits per heavy atom. The molecular formula is C15H18ClFO3S. The summed E-state index contributed by atoms with van der Waals surface area (Å²) in [4.78, 5) is 0. The van der Waals surface area contributed by atoms with Gasteiger partial charge in [0, 0.05) is 17.9 Å². The number of sulfone groups is 1. The molecule has 0 N–H and O–H groups in total. The van der Waals surface area contributed by atoms with Gasteiger partial charge in [0.1, 0.15) is 6.61 Å². The van der Waals surface area contributed by atoms with Crippen LogP contribution >= 0.6 is 11.6 Å². The average Bonchev–Trinajstić information content (AvgIpc) is 2.42. The molecule has 0 amide bonds. The summed E-state index contributed by atoms with van der Waals surface area (Å²) in [6, 6.07) is 4.25. The van der Waals surface area contributed by atoms with Crippen LogP contribution in [-0.4, -0.2) is 32.4 Å². The van der Waals surface area contributed by atoms with Crippen molar-refractivity contribution < 1.29 is 17.5 Å². The second kappa shape index (κ2) is 8.91. The predicted octanol–water partition coefficient (Wildman–Crippen LogP) is 3.01. The van der Waals surface area contributed by atoms with Crippen molar-refractivity contribution in [2.24, 2.45) is 0 Å². The van der Waals surface area contributed by atoms with E-state index >= 15 is 0 Å². The molecule has 0 saturated heterocycles. The summed E-state index contributed by atoms with van der Waals surface area (Å²) in [5.41, 5.74) is 0.605. The van der Waals surface area contributed by atoms with Gasteiger partial charge in [-0.3, -0.25) is 0 Å². The van der Waals surface area contributed by atoms with Crippen LogP contribution in [0.5, 0.6) is 5.75 Å². The maximum atomic E-state index is 13.6. The van der Waals surface area contributed by atoms with E-state index in [9.17, 15) is 12.8 Å². The van der Waals surface area contributed by atoms with Gasteiger partial charge in [0.2, 0.25) is 0 Å². The van der Waals surface area contributed by atoms with Gasteiger partial charge >= 0.3 is 0 Å². The summed E-state index contributed by atoms with van der Waals surface area (Å²) in [5, 5.41) is 0. The van der Waals surface area contributed by atoms with Gasteiger partial charge in [-0.05, 0) is 24.6 Å². The molecule has 0 aliphatic heterocycles. The number of rotatable bonds is 7. The molecule has 0 saturated carbocycles. The number of benzene rings is 1. The van der Waals surface area contributed by atoms with Crippen LogP contribution in [0.3, 0.4) is 0 Å². The second-order valence-corrected chi connectivity index (χ2v) is 7.07. The quantitative estimate of drug-likeness (QED) is 0.569. The molecule has 0 heterocycles. The molecular weight excluding hydrogens is 315 g/mol. The maximum absolute atomic E-state index is 13.6. The predicted molar refractivity (Wildman–Crippen MR) is 83.1 cm³/mol. The molecule has 0 unspecified atom stereocenters. The lowest BCUT2D eigenvalue weighted by Crippen LogP contribution is -2.17. The highest BCUT2D eigenvalue weighted by Crippen LogP contribution is 2.18. The molecule has 0 aliphatic carbocycles. The lowest BCUT2D eigenvalue weighted by atomic mass is 10.2. The van der Waals surface area contributed by atoms with Gasteiger partial charge in [-0.1, -0.05) is 18.8 Å². The first kappa shape index (κ1) is 17.8. The molecule has 21 heavy (non-hydrogen) atoms. The number of ether oxygens (including phenoxy) is 1. The molecule has 0 atom stereocenters. The van der Waals surface area contributed by atoms with Crippen LogP contribution in [0.1, 0.15) is 25.3 Å². The van der Waals surface area contributed by atoms with E-state index in [1.807, 2.05) is 0 Å². The third-order valence-corrected chi connectivity index (χ3v) is 4.56. The van der Waals surface area contributed by atoms with E-state index in [1.165, 1.54) is 18.2 Å². The number of halogens is 2. The van der Waals surface area contributed by atoms with Gasteiger partial charge in [0.05, 0.1) is 11.5 Å². The van der Waals surface area contributed by atoms with Gasteiger partial charge in [-0.15, -0.1) is 11.6 Å². The molecule has 0 spiro atoms. The Morgan fingerprint density at radius 2 is 2.10 bits per heavy atom. The molecule has 1 rings (SSSR count). The van der Waals surface area contributed by atoms with Crippen molar-refractivity contribution >= 4 is 21.4 Å². The number of hydrogen-bond donors (Lipinski definition) is 0. The SMILES string of the molecule is CCCS(=O)(=O)CCOc1cc(C#CCCCl)ccc1F. The van der Waals surface area contributed by atoms with Crippen molar-refractivity contribution in [2.45, 2.75) is 19.8 Å². The summed E-state index contributed by atoms with van der Waals surface area (Å²) in [6.07, 6.45) is 1.10. The summed E-state index contributed by atoms with van der Waals surface area (Å²) < 4.78 is 41.9. The first-order valence-corrected chi connectivity index (χ1v) is 9.01. The molecule has 0 fully saturated rings. The van der Waals surface area contributed by atoms with E-state index in [0.717, 1.165) is 0 Å². The highest BCUT2D eigenvalue weighted by molar-refractivity contribution is 7.91. The first-order valence-electron chi connectivity index (χ1n) is 6.66. The highest BCUT2D eigenvalue weighted by atomic mass is 35.5. The molecule has 6 heteroatoms. The topological polar surface area (TPSA) is 43.4 Å². The smallest absolute Gasteiger partial charge is 0.165 e. The minimum atomic E-state index is -3.13. The van der Waals surface area contributed by atoms with Crippen LogP contribution in [-0.2, 0) is 9.84 Å². The number of alkyl halides is 1. The van der Waals surface area contributed by atoms with Gasteiger partial charge in [0.25, 0.3) is 0 Å². The second-order valence-electron chi connectivity index (χ2n) is 4.39. The largest absolute Gasteiger partial charge is 0.489 e. The van der Waals surface area contributed by atoms with E-state index in [-0.39, 0.29) is 23.9 Å². The normalized spacial score (nSPS) is 10.8. The third kappa shape index (κ3) is 6.83. The molecule has 1 aromatic rings. The third-order valence-electron chi connectivity index (χ3n) is 2.55. The van der Waals surface area contributed by atoms with Crippen molar-refractivity contribution in [2.75, 3.05) is 24.0 Å². The van der Waals surface area contributed by atoms with Crippen LogP contribution < -0.4 is 4.74 Å². The Bertz CT molecular complexity index is 618. The highest BCUT2D eigenvalue weighted by Gasteiger charge is 2.11. The van der Waals surface area contributed by atoms with Crippen molar-refractivity contribution in [3.63, 3.8) is 0 Å². The van der Waals surface area contributed by atoms with Crippen LogP contribution in [0, 0.1) is 17.7 Å². The molecule has 0 aliphatic rings. The van der Waals surface area contributed by atoms with Crippen molar-refractivity contribution in [1.29, 1.82) is 0 Å². The fourth-order valence-electron chi connectivity index (χ4n) is 1.60. The molecule has 1 aromatic carbocycles. The fourth-order valence-corrected chi connectivity index (χ4v) is 2.85. The standard InChI is InChI=1S/C15H18ClFO3S/c1-2-10-21(18,19)11-9-20-15-12-13(5-3-4-8-16)6-7-14(15)17/h6-7,12H,2,4,8-11H2,1H3. The summed E-state index contributed by atoms with van der Waals surface area (Å²) >= 11 is 5.52. The fraction of sp³-hybridized carbons (Fsp3) is 0.467. The van der Waals surface area contributed by atoms with Crippen molar-refractivity contribution in [1.82, 2.24) is 0 Å². The Kier molecular flexibility index (Phi) is 7.55. The van der Waals surface area contributed by atoms with Gasteiger partial charge in [0.15, 0.2) is 21.4 Å². The van der Waals surface area contributed by atoms with Crippen molar-refractivity contribution in [3.8, 4) is 17.6 Å². The zero-order chi connectivity index (χ0) is 15.7. The van der Waals surface area contributed by atoms with E-state index in [0.29, 0.717) is 24.3 Å². The van der Waals surface area contributed by atoms with Crippen molar-refractivity contribution in [3.05, 3.63) is 29.6 Å². The maximum Gasteiger partial charge on any atom is 0.165 e. The minimum absolute atomic E-state index is 0.0133. The first-order chi connectivity index (χ1) is 9.98. The summed E-state index contributed by atoms with van der Waals surface area (Å²) in [7, 11) is -3.13. The van der Waals surface area contributed by atoms with Gasteiger partial charge < -0.3 is 4.74 Å². The van der Waals surface area contributed by atoms with E-state index in [2.05, 4.69) is 11.8 Å². The van der Waals surface area contributed by atoms with Crippen LogP contribution in [0.4, 0.5) is 4.39 Å². The molecule has 0 radical (unpaired) electrons. The van der Waals surface area contributed by atoms with Gasteiger partial charge in [-0.2, -0.15) is 0 Å². The number of hydrogen-bond acceptors (Lipinski definition) is 3. The molecule has 0 bridgehead atoms. The molecule has 3 nitrogen and oxygen atoms in total. The Morgan fingerprint density at radius 1 is 1.33 bits per heavy atom. The summed E-state index contributed by atoms with van der Waals surface area (Å²) in [5.74, 6) is 5.59. The van der Waals surface area contributed by atoms with Crippen LogP contribution in [0.15, 0.2) is 18.2 Å². The van der Waals surface area contributed by atoms with Crippen LogP contribution in [0.2, 0.25) is 0 Å². The molecule has 0 aromatic heterocycles. The van der Waals surface area contributed by atoms with E-state index in [1.54, 1.807) is 6.92 Å². The lowest BCUT2D eigenvalue weighted by molar-refractivity contribution is 0.322.